The van der Waals surface area contributed by atoms with E-state index in [4.69, 9.17) is 4.74 Å². The highest BCUT2D eigenvalue weighted by Crippen LogP contribution is 2.18. The second-order valence-corrected chi connectivity index (χ2v) is 7.71. The summed E-state index contributed by atoms with van der Waals surface area (Å²) in [5, 5.41) is 0. The third-order valence-corrected chi connectivity index (χ3v) is 4.96. The van der Waals surface area contributed by atoms with Crippen molar-refractivity contribution in [1.82, 2.24) is 0 Å². The van der Waals surface area contributed by atoms with E-state index in [-0.39, 0.29) is 16.2 Å². The lowest BCUT2D eigenvalue weighted by Gasteiger charge is -2.14. The van der Waals surface area contributed by atoms with Crippen molar-refractivity contribution in [3.05, 3.63) is 65.2 Å². The molecule has 0 radical (unpaired) electrons. The molecule has 0 aliphatic heterocycles. The third kappa shape index (κ3) is 4.54. The van der Waals surface area contributed by atoms with Crippen molar-refractivity contribution in [3.8, 4) is 0 Å². The first-order valence-electron chi connectivity index (χ1n) is 7.87. The predicted octanol–water partition coefficient (Wildman–Crippen LogP) is 3.08. The van der Waals surface area contributed by atoms with Gasteiger partial charge in [-0.25, -0.2) is 13.2 Å². The summed E-state index contributed by atoms with van der Waals surface area (Å²) in [6, 6.07) is 12.8. The second kappa shape index (κ2) is 7.61. The predicted molar refractivity (Wildman–Crippen MR) is 94.6 cm³/mol. The summed E-state index contributed by atoms with van der Waals surface area (Å²) >= 11 is 0. The Morgan fingerprint density at radius 3 is 2.20 bits per heavy atom. The Bertz CT molecular complexity index is 882. The molecule has 2 aromatic rings. The summed E-state index contributed by atoms with van der Waals surface area (Å²) < 4.78 is 28.8. The summed E-state index contributed by atoms with van der Waals surface area (Å²) in [4.78, 5) is 24.6. The van der Waals surface area contributed by atoms with Crippen LogP contribution in [0.25, 0.3) is 0 Å². The summed E-state index contributed by atoms with van der Waals surface area (Å²) in [7, 11) is -3.58. The zero-order valence-corrected chi connectivity index (χ0v) is 15.2. The molecule has 0 N–H and O–H groups in total. The van der Waals surface area contributed by atoms with E-state index in [0.29, 0.717) is 5.56 Å². The lowest BCUT2D eigenvalue weighted by Crippen LogP contribution is -2.25. The molecule has 0 fully saturated rings. The van der Waals surface area contributed by atoms with Crippen LogP contribution in [0.2, 0.25) is 0 Å². The van der Waals surface area contributed by atoms with E-state index in [1.54, 1.807) is 18.2 Å². The first-order valence-corrected chi connectivity index (χ1v) is 9.76. The van der Waals surface area contributed by atoms with E-state index in [1.807, 2.05) is 19.1 Å². The van der Waals surface area contributed by atoms with Crippen LogP contribution >= 0.6 is 0 Å². The molecule has 132 valence electrons. The quantitative estimate of drug-likeness (QED) is 0.584. The monoisotopic (exact) mass is 360 g/mol. The maximum atomic E-state index is 12.4. The van der Waals surface area contributed by atoms with E-state index in [2.05, 4.69) is 0 Å². The molecule has 1 atom stereocenters. The lowest BCUT2D eigenvalue weighted by atomic mass is 10.0. The molecular weight excluding hydrogens is 340 g/mol. The summed E-state index contributed by atoms with van der Waals surface area (Å²) in [6.45, 7) is 3.48. The van der Waals surface area contributed by atoms with Gasteiger partial charge in [0.2, 0.25) is 5.78 Å². The highest BCUT2D eigenvalue weighted by Gasteiger charge is 2.24. The number of Topliss-reactive ketones (excluding diaryl/α,β-unsaturated/α-hetero) is 1. The average Bonchev–Trinajstić information content (AvgIpc) is 2.60. The number of hydrogen-bond acceptors (Lipinski definition) is 5. The first-order chi connectivity index (χ1) is 11.7. The molecule has 0 aliphatic rings. The van der Waals surface area contributed by atoms with Gasteiger partial charge >= 0.3 is 5.97 Å². The van der Waals surface area contributed by atoms with Crippen LogP contribution in [-0.2, 0) is 21.0 Å². The standard InChI is InChI=1S/C19H20O5S/c1-4-14-9-11-15(12-10-14)18(20)13(2)24-19(21)16-7-5-6-8-17(16)25(3,22)23/h5-13H,4H2,1-3H3/t13-/m0/s1. The van der Waals surface area contributed by atoms with Gasteiger partial charge in [0.15, 0.2) is 15.9 Å². The maximum Gasteiger partial charge on any atom is 0.340 e. The number of aryl methyl sites for hydroxylation is 1. The Morgan fingerprint density at radius 2 is 1.64 bits per heavy atom. The molecule has 0 aliphatic carbocycles. The summed E-state index contributed by atoms with van der Waals surface area (Å²) in [5.74, 6) is -1.18. The van der Waals surface area contributed by atoms with Crippen LogP contribution in [0, 0.1) is 0 Å². The molecule has 2 rings (SSSR count). The molecule has 0 saturated heterocycles. The molecule has 0 aromatic heterocycles. The Hall–Kier alpha value is -2.47. The van der Waals surface area contributed by atoms with Gasteiger partial charge in [0.1, 0.15) is 0 Å². The van der Waals surface area contributed by atoms with E-state index in [1.165, 1.54) is 25.1 Å². The molecule has 5 nitrogen and oxygen atoms in total. The minimum atomic E-state index is -3.58. The highest BCUT2D eigenvalue weighted by molar-refractivity contribution is 7.90. The van der Waals surface area contributed by atoms with E-state index < -0.39 is 21.9 Å². The van der Waals surface area contributed by atoms with Crippen molar-refractivity contribution < 1.29 is 22.7 Å². The number of ketones is 1. The number of hydrogen-bond donors (Lipinski definition) is 0. The third-order valence-electron chi connectivity index (χ3n) is 3.81. The highest BCUT2D eigenvalue weighted by atomic mass is 32.2. The number of ether oxygens (including phenoxy) is 1. The van der Waals surface area contributed by atoms with Crippen LogP contribution in [-0.4, -0.2) is 32.5 Å². The van der Waals surface area contributed by atoms with Gasteiger partial charge in [-0.15, -0.1) is 0 Å². The second-order valence-electron chi connectivity index (χ2n) is 5.73. The molecule has 0 saturated carbocycles. The SMILES string of the molecule is CCc1ccc(C(=O)[C@H](C)OC(=O)c2ccccc2S(C)(=O)=O)cc1. The maximum absolute atomic E-state index is 12.4. The van der Waals surface area contributed by atoms with Gasteiger partial charge in [-0.1, -0.05) is 43.3 Å². The number of benzene rings is 2. The molecule has 6 heteroatoms. The van der Waals surface area contributed by atoms with Crippen LogP contribution in [0.1, 0.15) is 40.1 Å². The average molecular weight is 360 g/mol. The van der Waals surface area contributed by atoms with Crippen molar-refractivity contribution in [2.75, 3.05) is 6.26 Å². The number of rotatable bonds is 6. The zero-order chi connectivity index (χ0) is 18.6. The Morgan fingerprint density at radius 1 is 1.04 bits per heavy atom. The van der Waals surface area contributed by atoms with Gasteiger partial charge in [0.05, 0.1) is 10.5 Å². The van der Waals surface area contributed by atoms with Gasteiger partial charge in [0.25, 0.3) is 0 Å². The van der Waals surface area contributed by atoms with Crippen molar-refractivity contribution in [3.63, 3.8) is 0 Å². The molecule has 0 unspecified atom stereocenters. The smallest absolute Gasteiger partial charge is 0.340 e. The fourth-order valence-corrected chi connectivity index (χ4v) is 3.25. The molecule has 25 heavy (non-hydrogen) atoms. The normalized spacial score (nSPS) is 12.4. The molecule has 0 heterocycles. The minimum absolute atomic E-state index is 0.0778. The van der Waals surface area contributed by atoms with Gasteiger partial charge in [0, 0.05) is 11.8 Å². The molecular formula is C19H20O5S. The van der Waals surface area contributed by atoms with Crippen molar-refractivity contribution in [1.29, 1.82) is 0 Å². The number of sulfone groups is 1. The van der Waals surface area contributed by atoms with Gasteiger partial charge in [-0.05, 0) is 31.0 Å². The topological polar surface area (TPSA) is 77.5 Å². The van der Waals surface area contributed by atoms with Crippen molar-refractivity contribution in [2.45, 2.75) is 31.3 Å². The number of carbonyl (C=O) groups is 2. The lowest BCUT2D eigenvalue weighted by molar-refractivity contribution is 0.0315. The Kier molecular flexibility index (Phi) is 5.74. The summed E-state index contributed by atoms with van der Waals surface area (Å²) in [6.07, 6.45) is 0.858. The minimum Gasteiger partial charge on any atom is -0.451 e. The van der Waals surface area contributed by atoms with Crippen LogP contribution in [0.3, 0.4) is 0 Å². The van der Waals surface area contributed by atoms with E-state index in [0.717, 1.165) is 18.2 Å². The van der Waals surface area contributed by atoms with E-state index in [9.17, 15) is 18.0 Å². The Balaban J connectivity index is 2.19. The van der Waals surface area contributed by atoms with Crippen molar-refractivity contribution >= 4 is 21.6 Å². The molecule has 0 amide bonds. The number of esters is 1. The molecule has 0 spiro atoms. The van der Waals surface area contributed by atoms with Crippen LogP contribution in [0.15, 0.2) is 53.4 Å². The largest absolute Gasteiger partial charge is 0.451 e. The summed E-state index contributed by atoms with van der Waals surface area (Å²) in [5.41, 5.74) is 1.46. The Labute approximate surface area is 147 Å². The number of carbonyl (C=O) groups excluding carboxylic acids is 2. The first kappa shape index (κ1) is 18.9. The molecule has 2 aromatic carbocycles. The van der Waals surface area contributed by atoms with E-state index >= 15 is 0 Å². The van der Waals surface area contributed by atoms with Crippen LogP contribution in [0.4, 0.5) is 0 Å². The van der Waals surface area contributed by atoms with Gasteiger partial charge in [-0.3, -0.25) is 4.79 Å². The fourth-order valence-electron chi connectivity index (χ4n) is 2.38. The van der Waals surface area contributed by atoms with Gasteiger partial charge < -0.3 is 4.74 Å². The van der Waals surface area contributed by atoms with Gasteiger partial charge in [-0.2, -0.15) is 0 Å². The molecule has 0 bridgehead atoms. The van der Waals surface area contributed by atoms with Crippen LogP contribution < -0.4 is 0 Å². The van der Waals surface area contributed by atoms with Crippen LogP contribution in [0.5, 0.6) is 0 Å². The van der Waals surface area contributed by atoms with Crippen molar-refractivity contribution in [2.24, 2.45) is 0 Å². The zero-order valence-electron chi connectivity index (χ0n) is 14.4. The fraction of sp³-hybridized carbons (Fsp3) is 0.263.